The zero-order valence-corrected chi connectivity index (χ0v) is 13.1. The van der Waals surface area contributed by atoms with E-state index < -0.39 is 24.0 Å². The van der Waals surface area contributed by atoms with Crippen LogP contribution in [0.2, 0.25) is 0 Å². The highest BCUT2D eigenvalue weighted by atomic mass is 16.4. The molecular formula is C13H20N6O5. The van der Waals surface area contributed by atoms with E-state index in [1.165, 1.54) is 6.20 Å². The Kier molecular flexibility index (Phi) is 7.20. The van der Waals surface area contributed by atoms with Gasteiger partial charge in [0.25, 0.3) is 0 Å². The summed E-state index contributed by atoms with van der Waals surface area (Å²) in [6.45, 7) is 0.619. The van der Waals surface area contributed by atoms with Gasteiger partial charge in [-0.1, -0.05) is 0 Å². The van der Waals surface area contributed by atoms with Crippen LogP contribution in [-0.2, 0) is 9.59 Å². The number of nitrogens with zero attached hydrogens (tertiary/aromatic N) is 3. The number of nitrogens with two attached hydrogens (primary N) is 1. The van der Waals surface area contributed by atoms with Crippen LogP contribution in [0.15, 0.2) is 12.3 Å². The standard InChI is InChI=1S/C13H20N6O5/c1-19(9-4-5-15-12(14)18-9)7-6-16-13(24)17-8(11(22)23)2-3-10(20)21/h4-5,8H,2-3,6-7H2,1H3,(H,20,21)(H,22,23)(H2,14,15,18)(H2,16,17,24)/t8-/m1/s1. The predicted molar refractivity (Wildman–Crippen MR) is 84.5 cm³/mol. The van der Waals surface area contributed by atoms with Crippen molar-refractivity contribution in [3.8, 4) is 0 Å². The largest absolute Gasteiger partial charge is 0.481 e. The fourth-order valence-electron chi connectivity index (χ4n) is 1.76. The third-order valence-corrected chi connectivity index (χ3v) is 3.03. The molecule has 0 aliphatic heterocycles. The van der Waals surface area contributed by atoms with E-state index >= 15 is 0 Å². The number of amides is 2. The summed E-state index contributed by atoms with van der Waals surface area (Å²) < 4.78 is 0. The molecule has 11 heteroatoms. The number of carboxylic acids is 2. The Bertz CT molecular complexity index is 596. The molecule has 1 rings (SSSR count). The highest BCUT2D eigenvalue weighted by Gasteiger charge is 2.20. The molecule has 1 aromatic rings. The molecule has 6 N–H and O–H groups in total. The van der Waals surface area contributed by atoms with Crippen LogP contribution in [0.3, 0.4) is 0 Å². The lowest BCUT2D eigenvalue weighted by atomic mass is 10.1. The van der Waals surface area contributed by atoms with E-state index in [-0.39, 0.29) is 25.3 Å². The number of hydrogen-bond acceptors (Lipinski definition) is 7. The Balaban J connectivity index is 2.39. The SMILES string of the molecule is CN(CCNC(=O)N[C@H](CCC(=O)O)C(=O)O)c1ccnc(N)n1. The van der Waals surface area contributed by atoms with E-state index in [0.29, 0.717) is 12.4 Å². The fraction of sp³-hybridized carbons (Fsp3) is 0.462. The quantitative estimate of drug-likeness (QED) is 0.382. The lowest BCUT2D eigenvalue weighted by Crippen LogP contribution is -2.47. The van der Waals surface area contributed by atoms with Crippen LogP contribution < -0.4 is 21.3 Å². The molecular weight excluding hydrogens is 320 g/mol. The second-order valence-electron chi connectivity index (χ2n) is 4.92. The molecule has 0 saturated carbocycles. The second kappa shape index (κ2) is 9.12. The molecule has 24 heavy (non-hydrogen) atoms. The fourth-order valence-corrected chi connectivity index (χ4v) is 1.76. The maximum absolute atomic E-state index is 11.7. The minimum Gasteiger partial charge on any atom is -0.481 e. The summed E-state index contributed by atoms with van der Waals surface area (Å²) in [5, 5.41) is 22.2. The molecule has 0 saturated heterocycles. The van der Waals surface area contributed by atoms with Gasteiger partial charge in [0, 0.05) is 32.8 Å². The molecule has 132 valence electrons. The van der Waals surface area contributed by atoms with E-state index in [9.17, 15) is 14.4 Å². The average Bonchev–Trinajstić information content (AvgIpc) is 2.50. The van der Waals surface area contributed by atoms with Gasteiger partial charge in [-0.2, -0.15) is 4.98 Å². The zero-order chi connectivity index (χ0) is 18.1. The summed E-state index contributed by atoms with van der Waals surface area (Å²) >= 11 is 0. The van der Waals surface area contributed by atoms with E-state index in [4.69, 9.17) is 15.9 Å². The number of carboxylic acid groups (broad SMARTS) is 2. The van der Waals surface area contributed by atoms with Gasteiger partial charge < -0.3 is 31.5 Å². The number of urea groups is 1. The highest BCUT2D eigenvalue weighted by molar-refractivity contribution is 5.83. The zero-order valence-electron chi connectivity index (χ0n) is 13.1. The third-order valence-electron chi connectivity index (χ3n) is 3.03. The van der Waals surface area contributed by atoms with Crippen molar-refractivity contribution in [2.24, 2.45) is 0 Å². The minimum atomic E-state index is -1.29. The van der Waals surface area contributed by atoms with E-state index in [2.05, 4.69) is 20.6 Å². The first kappa shape index (κ1) is 18.9. The van der Waals surface area contributed by atoms with Gasteiger partial charge in [-0.3, -0.25) is 4.79 Å². The smallest absolute Gasteiger partial charge is 0.326 e. The van der Waals surface area contributed by atoms with Gasteiger partial charge in [-0.15, -0.1) is 0 Å². The third kappa shape index (κ3) is 6.77. The molecule has 0 radical (unpaired) electrons. The molecule has 0 aromatic carbocycles. The maximum Gasteiger partial charge on any atom is 0.326 e. The van der Waals surface area contributed by atoms with Crippen LogP contribution in [-0.4, -0.2) is 64.3 Å². The molecule has 0 bridgehead atoms. The lowest BCUT2D eigenvalue weighted by molar-refractivity contribution is -0.140. The number of carbonyl (C=O) groups excluding carboxylic acids is 1. The van der Waals surface area contributed by atoms with Crippen molar-refractivity contribution in [3.05, 3.63) is 12.3 Å². The number of carbonyl (C=O) groups is 3. The Hall–Kier alpha value is -3.11. The van der Waals surface area contributed by atoms with Gasteiger partial charge in [-0.05, 0) is 12.5 Å². The van der Waals surface area contributed by atoms with Crippen molar-refractivity contribution in [2.75, 3.05) is 30.8 Å². The van der Waals surface area contributed by atoms with Gasteiger partial charge in [-0.25, -0.2) is 14.6 Å². The molecule has 0 aliphatic rings. The molecule has 2 amide bonds. The molecule has 0 spiro atoms. The highest BCUT2D eigenvalue weighted by Crippen LogP contribution is 2.07. The van der Waals surface area contributed by atoms with Crippen molar-refractivity contribution in [1.82, 2.24) is 20.6 Å². The molecule has 11 nitrogen and oxygen atoms in total. The molecule has 0 unspecified atom stereocenters. The number of nitrogen functional groups attached to an aromatic ring is 1. The predicted octanol–water partition coefficient (Wildman–Crippen LogP) is -0.888. The van der Waals surface area contributed by atoms with Crippen LogP contribution in [0.1, 0.15) is 12.8 Å². The molecule has 1 atom stereocenters. The van der Waals surface area contributed by atoms with Crippen molar-refractivity contribution in [3.63, 3.8) is 0 Å². The number of aromatic nitrogens is 2. The van der Waals surface area contributed by atoms with Gasteiger partial charge in [0.1, 0.15) is 11.9 Å². The maximum atomic E-state index is 11.7. The first-order chi connectivity index (χ1) is 11.3. The normalized spacial score (nSPS) is 11.4. The Morgan fingerprint density at radius 1 is 1.38 bits per heavy atom. The molecule has 1 heterocycles. The summed E-state index contributed by atoms with van der Waals surface area (Å²) in [5.41, 5.74) is 5.48. The van der Waals surface area contributed by atoms with Crippen LogP contribution in [0.5, 0.6) is 0 Å². The van der Waals surface area contributed by atoms with Gasteiger partial charge in [0.15, 0.2) is 0 Å². The molecule has 0 fully saturated rings. The number of anilines is 2. The van der Waals surface area contributed by atoms with Crippen LogP contribution >= 0.6 is 0 Å². The Morgan fingerprint density at radius 2 is 2.08 bits per heavy atom. The van der Waals surface area contributed by atoms with E-state index in [1.54, 1.807) is 18.0 Å². The number of hydrogen-bond donors (Lipinski definition) is 5. The second-order valence-corrected chi connectivity index (χ2v) is 4.92. The Morgan fingerprint density at radius 3 is 2.67 bits per heavy atom. The topological polar surface area (TPSA) is 171 Å². The summed E-state index contributed by atoms with van der Waals surface area (Å²) in [4.78, 5) is 42.6. The van der Waals surface area contributed by atoms with Crippen molar-refractivity contribution >= 4 is 29.7 Å². The Labute approximate surface area is 137 Å². The first-order valence-electron chi connectivity index (χ1n) is 7.08. The van der Waals surface area contributed by atoms with Gasteiger partial charge >= 0.3 is 18.0 Å². The summed E-state index contributed by atoms with van der Waals surface area (Å²) in [5.74, 6) is -1.71. The monoisotopic (exact) mass is 340 g/mol. The summed E-state index contributed by atoms with van der Waals surface area (Å²) in [6, 6.07) is -0.299. The lowest BCUT2D eigenvalue weighted by Gasteiger charge is -2.19. The van der Waals surface area contributed by atoms with Crippen LogP contribution in [0.4, 0.5) is 16.6 Å². The summed E-state index contributed by atoms with van der Waals surface area (Å²) in [7, 11) is 1.74. The first-order valence-corrected chi connectivity index (χ1v) is 7.08. The van der Waals surface area contributed by atoms with E-state index in [1.807, 2.05) is 0 Å². The van der Waals surface area contributed by atoms with Crippen molar-refractivity contribution < 1.29 is 24.6 Å². The number of likely N-dealkylation sites (N-methyl/N-ethyl adjacent to an activating group) is 1. The summed E-state index contributed by atoms with van der Waals surface area (Å²) in [6.07, 6.45) is 0.960. The average molecular weight is 340 g/mol. The number of rotatable bonds is 9. The van der Waals surface area contributed by atoms with Crippen molar-refractivity contribution in [1.29, 1.82) is 0 Å². The molecule has 1 aromatic heterocycles. The number of aliphatic carboxylic acids is 2. The minimum absolute atomic E-state index is 0.132. The van der Waals surface area contributed by atoms with Gasteiger partial charge in [0.05, 0.1) is 0 Å². The van der Waals surface area contributed by atoms with Crippen LogP contribution in [0, 0.1) is 0 Å². The number of nitrogens with one attached hydrogen (secondary N) is 2. The van der Waals surface area contributed by atoms with Crippen molar-refractivity contribution in [2.45, 2.75) is 18.9 Å². The van der Waals surface area contributed by atoms with Crippen LogP contribution in [0.25, 0.3) is 0 Å². The van der Waals surface area contributed by atoms with Gasteiger partial charge in [0.2, 0.25) is 5.95 Å². The van der Waals surface area contributed by atoms with E-state index in [0.717, 1.165) is 0 Å². The molecule has 0 aliphatic carbocycles.